The molecule has 0 aromatic carbocycles. The van der Waals surface area contributed by atoms with Crippen LogP contribution in [0.4, 0.5) is 0 Å². The Kier molecular flexibility index (Phi) is 3.99. The van der Waals surface area contributed by atoms with Crippen LogP contribution in [0.1, 0.15) is 6.42 Å². The molecule has 3 N–H and O–H groups in total. The van der Waals surface area contributed by atoms with E-state index >= 15 is 0 Å². The second-order valence-corrected chi connectivity index (χ2v) is 2.39. The van der Waals surface area contributed by atoms with E-state index in [1.54, 1.807) is 19.0 Å². The highest BCUT2D eigenvalue weighted by atomic mass is 16.4. The predicted molar refractivity (Wildman–Crippen MR) is 38.8 cm³/mol. The molecule has 0 amide bonds. The smallest absolute Gasteiger partial charge is 0.320 e. The van der Waals surface area contributed by atoms with Gasteiger partial charge in [0.2, 0.25) is 0 Å². The first-order valence-electron chi connectivity index (χ1n) is 3.19. The number of likely N-dealkylation sites (N-methyl/N-ethyl adjacent to an activating group) is 1. The number of carboxylic acid groups (broad SMARTS) is 1. The maximum atomic E-state index is 10.4. The van der Waals surface area contributed by atoms with E-state index in [4.69, 9.17) is 10.8 Å². The molecular weight excluding hydrogens is 132 g/mol. The first-order chi connectivity index (χ1) is 4.59. The third-order valence-corrected chi connectivity index (χ3v) is 1.35. The highest BCUT2D eigenvalue weighted by molar-refractivity contribution is 5.73. The van der Waals surface area contributed by atoms with Crippen LogP contribution < -0.4 is 5.73 Å². The summed E-state index contributed by atoms with van der Waals surface area (Å²) < 4.78 is 0. The summed E-state index contributed by atoms with van der Waals surface area (Å²) in [7, 11) is 3.46. The molecule has 0 saturated heterocycles. The zero-order chi connectivity index (χ0) is 8.15. The molecule has 4 nitrogen and oxygen atoms in total. The molecule has 1 atom stereocenters. The number of nitrogens with zero attached hydrogens (tertiary/aromatic N) is 1. The summed E-state index contributed by atoms with van der Waals surface area (Å²) in [5.41, 5.74) is 5.22. The fraction of sp³-hybridized carbons (Fsp3) is 0.833. The number of hydrogen-bond acceptors (Lipinski definition) is 3. The Labute approximate surface area is 60.6 Å². The summed E-state index contributed by atoms with van der Waals surface area (Å²) >= 11 is 0. The van der Waals surface area contributed by atoms with Gasteiger partial charge in [0, 0.05) is 0 Å². The molecule has 0 aromatic heterocycles. The van der Waals surface area contributed by atoms with Crippen LogP contribution in [0, 0.1) is 0 Å². The average molecular weight is 146 g/mol. The Morgan fingerprint density at radius 2 is 2.20 bits per heavy atom. The molecule has 0 rings (SSSR count). The summed E-state index contributed by atoms with van der Waals surface area (Å²) in [5.74, 6) is -0.810. The highest BCUT2D eigenvalue weighted by Gasteiger charge is 2.17. The number of carboxylic acids is 1. The van der Waals surface area contributed by atoms with E-state index in [0.29, 0.717) is 13.0 Å². The van der Waals surface area contributed by atoms with Gasteiger partial charge in [-0.1, -0.05) is 0 Å². The molecule has 0 aliphatic heterocycles. The van der Waals surface area contributed by atoms with Crippen molar-refractivity contribution in [2.45, 2.75) is 12.5 Å². The normalized spacial score (nSPS) is 13.6. The molecule has 0 saturated carbocycles. The van der Waals surface area contributed by atoms with Crippen LogP contribution in [-0.2, 0) is 4.79 Å². The molecule has 0 aliphatic carbocycles. The summed E-state index contributed by atoms with van der Waals surface area (Å²) in [6.45, 7) is 0.412. The van der Waals surface area contributed by atoms with Gasteiger partial charge in [-0.3, -0.25) is 9.69 Å². The van der Waals surface area contributed by atoms with Crippen LogP contribution in [0.2, 0.25) is 0 Å². The van der Waals surface area contributed by atoms with Crippen molar-refractivity contribution in [1.29, 1.82) is 0 Å². The van der Waals surface area contributed by atoms with Gasteiger partial charge in [0.1, 0.15) is 6.04 Å². The Hall–Kier alpha value is -0.610. The minimum absolute atomic E-state index is 0.412. The maximum Gasteiger partial charge on any atom is 0.320 e. The lowest BCUT2D eigenvalue weighted by molar-refractivity contribution is -0.142. The van der Waals surface area contributed by atoms with Crippen LogP contribution in [0.15, 0.2) is 0 Å². The standard InChI is InChI=1S/C6H14N2O2/c1-8(2)5(3-4-7)6(9)10/h5H,3-4,7H2,1-2H3,(H,9,10)/t5-/m1/s1. The topological polar surface area (TPSA) is 66.6 Å². The fourth-order valence-electron chi connectivity index (χ4n) is 0.760. The monoisotopic (exact) mass is 146 g/mol. The van der Waals surface area contributed by atoms with Crippen LogP contribution in [0.25, 0.3) is 0 Å². The first-order valence-corrected chi connectivity index (χ1v) is 3.19. The van der Waals surface area contributed by atoms with Crippen molar-refractivity contribution in [3.63, 3.8) is 0 Å². The zero-order valence-electron chi connectivity index (χ0n) is 6.37. The van der Waals surface area contributed by atoms with Crippen LogP contribution in [-0.4, -0.2) is 42.7 Å². The van der Waals surface area contributed by atoms with Crippen LogP contribution >= 0.6 is 0 Å². The van der Waals surface area contributed by atoms with E-state index in [1.165, 1.54) is 0 Å². The Morgan fingerprint density at radius 1 is 1.70 bits per heavy atom. The van der Waals surface area contributed by atoms with Crippen molar-refractivity contribution >= 4 is 5.97 Å². The van der Waals surface area contributed by atoms with Gasteiger partial charge in [0.25, 0.3) is 0 Å². The molecule has 0 spiro atoms. The lowest BCUT2D eigenvalue weighted by Crippen LogP contribution is -2.37. The van der Waals surface area contributed by atoms with Crippen molar-refractivity contribution in [2.75, 3.05) is 20.6 Å². The van der Waals surface area contributed by atoms with Crippen molar-refractivity contribution in [3.05, 3.63) is 0 Å². The molecular formula is C6H14N2O2. The number of carbonyl (C=O) groups is 1. The van der Waals surface area contributed by atoms with Gasteiger partial charge in [-0.2, -0.15) is 0 Å². The molecule has 0 aliphatic rings. The third-order valence-electron chi connectivity index (χ3n) is 1.35. The zero-order valence-corrected chi connectivity index (χ0v) is 6.37. The SMILES string of the molecule is CN(C)[C@H](CCN)C(=O)O. The summed E-state index contributed by atoms with van der Waals surface area (Å²) in [6.07, 6.45) is 0.502. The summed E-state index contributed by atoms with van der Waals surface area (Å²) in [4.78, 5) is 12.1. The Morgan fingerprint density at radius 3 is 2.30 bits per heavy atom. The fourth-order valence-corrected chi connectivity index (χ4v) is 0.760. The second kappa shape index (κ2) is 4.24. The van der Waals surface area contributed by atoms with Crippen molar-refractivity contribution in [1.82, 2.24) is 4.90 Å². The lowest BCUT2D eigenvalue weighted by atomic mass is 10.2. The van der Waals surface area contributed by atoms with Crippen molar-refractivity contribution < 1.29 is 9.90 Å². The molecule has 0 heterocycles. The predicted octanol–water partition coefficient (Wildman–Crippen LogP) is -0.650. The highest BCUT2D eigenvalue weighted by Crippen LogP contribution is 1.97. The van der Waals surface area contributed by atoms with Gasteiger partial charge < -0.3 is 10.8 Å². The van der Waals surface area contributed by atoms with Gasteiger partial charge in [-0.15, -0.1) is 0 Å². The van der Waals surface area contributed by atoms with E-state index in [9.17, 15) is 4.79 Å². The third kappa shape index (κ3) is 2.80. The van der Waals surface area contributed by atoms with Crippen molar-refractivity contribution in [3.8, 4) is 0 Å². The average Bonchev–Trinajstić information content (AvgIpc) is 1.81. The van der Waals surface area contributed by atoms with E-state index in [-0.39, 0.29) is 0 Å². The molecule has 0 aromatic rings. The Bertz CT molecular complexity index is 114. The largest absolute Gasteiger partial charge is 0.480 e. The van der Waals surface area contributed by atoms with Gasteiger partial charge in [0.05, 0.1) is 0 Å². The minimum atomic E-state index is -0.810. The number of aliphatic carboxylic acids is 1. The number of nitrogens with two attached hydrogens (primary N) is 1. The molecule has 4 heteroatoms. The van der Waals surface area contributed by atoms with Gasteiger partial charge in [-0.25, -0.2) is 0 Å². The lowest BCUT2D eigenvalue weighted by Gasteiger charge is -2.18. The summed E-state index contributed by atoms with van der Waals surface area (Å²) in [5, 5.41) is 8.58. The summed E-state index contributed by atoms with van der Waals surface area (Å²) in [6, 6.07) is -0.440. The van der Waals surface area contributed by atoms with E-state index in [1.807, 2.05) is 0 Å². The number of rotatable bonds is 4. The molecule has 60 valence electrons. The van der Waals surface area contributed by atoms with Crippen LogP contribution in [0.5, 0.6) is 0 Å². The molecule has 10 heavy (non-hydrogen) atoms. The molecule has 0 radical (unpaired) electrons. The van der Waals surface area contributed by atoms with Gasteiger partial charge in [-0.05, 0) is 27.1 Å². The second-order valence-electron chi connectivity index (χ2n) is 2.39. The molecule has 0 fully saturated rings. The van der Waals surface area contributed by atoms with Gasteiger partial charge in [0.15, 0.2) is 0 Å². The van der Waals surface area contributed by atoms with Gasteiger partial charge >= 0.3 is 5.97 Å². The van der Waals surface area contributed by atoms with Crippen LogP contribution in [0.3, 0.4) is 0 Å². The molecule has 0 bridgehead atoms. The molecule has 0 unspecified atom stereocenters. The van der Waals surface area contributed by atoms with E-state index in [2.05, 4.69) is 0 Å². The maximum absolute atomic E-state index is 10.4. The van der Waals surface area contributed by atoms with Crippen molar-refractivity contribution in [2.24, 2.45) is 5.73 Å². The Balaban J connectivity index is 3.85. The van der Waals surface area contributed by atoms with E-state index in [0.717, 1.165) is 0 Å². The quantitative estimate of drug-likeness (QED) is 0.553. The van der Waals surface area contributed by atoms with E-state index < -0.39 is 12.0 Å². The minimum Gasteiger partial charge on any atom is -0.480 e. The number of hydrogen-bond donors (Lipinski definition) is 2. The first kappa shape index (κ1) is 9.39.